The normalized spacial score (nSPS) is 12.3. The van der Waals surface area contributed by atoms with Crippen molar-refractivity contribution in [2.24, 2.45) is 0 Å². The summed E-state index contributed by atoms with van der Waals surface area (Å²) in [4.78, 5) is 19.5. The van der Waals surface area contributed by atoms with Crippen molar-refractivity contribution < 1.29 is 30.2 Å². The molecule has 1 N–H and O–H groups in total. The summed E-state index contributed by atoms with van der Waals surface area (Å²) in [6.45, 7) is 2.04. The van der Waals surface area contributed by atoms with Gasteiger partial charge in [-0.05, 0) is 37.3 Å². The molecule has 3 aromatic heterocycles. The summed E-state index contributed by atoms with van der Waals surface area (Å²) in [5.41, 5.74) is 0.404. The Balaban J connectivity index is 1.92. The molecule has 37 heavy (non-hydrogen) atoms. The van der Waals surface area contributed by atoms with Crippen LogP contribution in [-0.2, 0) is 16.8 Å². The number of halogens is 4. The smallest absolute Gasteiger partial charge is 0.405 e. The maximum Gasteiger partial charge on any atom is 0.573 e. The summed E-state index contributed by atoms with van der Waals surface area (Å²) >= 11 is 0. The number of pyridine rings is 2. The second-order valence-corrected chi connectivity index (χ2v) is 9.40. The summed E-state index contributed by atoms with van der Waals surface area (Å²) in [6.07, 6.45) is -3.38. The molecule has 0 fully saturated rings. The van der Waals surface area contributed by atoms with Crippen molar-refractivity contribution >= 4 is 43.1 Å². The first-order valence-corrected chi connectivity index (χ1v) is 12.0. The number of nitrogens with one attached hydrogen (secondary N) is 1. The summed E-state index contributed by atoms with van der Waals surface area (Å²) in [6, 6.07) is 9.64. The number of hydrogen-bond donors (Lipinski definition) is 1. The lowest BCUT2D eigenvalue weighted by molar-refractivity contribution is -0.274. The topological polar surface area (TPSA) is 118 Å². The lowest BCUT2D eigenvalue weighted by atomic mass is 10.0. The van der Waals surface area contributed by atoms with Gasteiger partial charge in [-0.15, -0.1) is 17.1 Å². The molecule has 5 rings (SSSR count). The number of H-pyrrole nitrogens is 1. The average Bonchev–Trinajstić information content (AvgIpc) is 3.21. The highest BCUT2D eigenvalue weighted by Crippen LogP contribution is 2.38. The van der Waals surface area contributed by atoms with Crippen molar-refractivity contribution in [2.75, 3.05) is 0 Å². The fourth-order valence-electron chi connectivity index (χ4n) is 4.38. The van der Waals surface area contributed by atoms with E-state index in [-0.39, 0.29) is 34.0 Å². The molecule has 0 unspecified atom stereocenters. The van der Waals surface area contributed by atoms with Crippen LogP contribution in [0.1, 0.15) is 12.5 Å². The molecule has 0 amide bonds. The van der Waals surface area contributed by atoms with Gasteiger partial charge in [0.2, 0.25) is 0 Å². The highest BCUT2D eigenvalue weighted by Gasteiger charge is 2.33. The predicted molar refractivity (Wildman–Crippen MR) is 126 cm³/mol. The van der Waals surface area contributed by atoms with E-state index in [1.165, 1.54) is 12.1 Å². The highest BCUT2D eigenvalue weighted by molar-refractivity contribution is 7.86. The third-order valence-electron chi connectivity index (χ3n) is 5.89. The van der Waals surface area contributed by atoms with E-state index in [1.807, 2.05) is 6.07 Å². The van der Waals surface area contributed by atoms with E-state index < -0.39 is 32.7 Å². The molecule has 8 nitrogen and oxygen atoms in total. The molecule has 188 valence electrons. The van der Waals surface area contributed by atoms with Gasteiger partial charge < -0.3 is 14.3 Å². The van der Waals surface area contributed by atoms with Crippen molar-refractivity contribution in [3.05, 3.63) is 64.6 Å². The number of benzene rings is 2. The van der Waals surface area contributed by atoms with Gasteiger partial charge in [-0.25, -0.2) is 0 Å². The van der Waals surface area contributed by atoms with Crippen LogP contribution in [0.15, 0.2) is 58.5 Å². The van der Waals surface area contributed by atoms with Crippen molar-refractivity contribution in [3.63, 3.8) is 0 Å². The first kappa shape index (κ1) is 24.3. The van der Waals surface area contributed by atoms with Gasteiger partial charge >= 0.3 is 16.6 Å². The average molecular weight is 530 g/mol. The number of aromatic amines is 1. The third kappa shape index (κ3) is 4.15. The van der Waals surface area contributed by atoms with E-state index in [9.17, 15) is 35.5 Å². The lowest BCUT2D eigenvalue weighted by Crippen LogP contribution is -2.18. The second kappa shape index (κ2) is 8.31. The monoisotopic (exact) mass is 530 g/mol. The number of nitrogens with zero attached hydrogens (tertiary/aromatic N) is 3. The largest absolute Gasteiger partial charge is 0.573 e. The molecule has 0 aliphatic heterocycles. The SMILES string of the molecule is CCn1c2cc(-c3cncc(S(=O)(=O)F)c3)c(OC(F)(F)F)cc2c(=O)c2c3ccc(C#N)cc3[nH]c21. The van der Waals surface area contributed by atoms with Crippen molar-refractivity contribution in [1.29, 1.82) is 5.26 Å². The van der Waals surface area contributed by atoms with Gasteiger partial charge in [0.1, 0.15) is 16.3 Å². The van der Waals surface area contributed by atoms with E-state index >= 15 is 0 Å². The molecule has 0 radical (unpaired) electrons. The van der Waals surface area contributed by atoms with Gasteiger partial charge in [-0.1, -0.05) is 6.07 Å². The number of hydrogen-bond acceptors (Lipinski definition) is 6. The van der Waals surface area contributed by atoms with Gasteiger partial charge in [-0.2, -0.15) is 13.7 Å². The van der Waals surface area contributed by atoms with Gasteiger partial charge in [0, 0.05) is 41.0 Å². The van der Waals surface area contributed by atoms with E-state index in [2.05, 4.69) is 14.7 Å². The van der Waals surface area contributed by atoms with Crippen LogP contribution in [0.2, 0.25) is 0 Å². The summed E-state index contributed by atoms with van der Waals surface area (Å²) in [7, 11) is -5.20. The van der Waals surface area contributed by atoms with E-state index in [0.29, 0.717) is 22.1 Å². The van der Waals surface area contributed by atoms with Crippen LogP contribution < -0.4 is 10.2 Å². The van der Waals surface area contributed by atoms with Crippen molar-refractivity contribution in [1.82, 2.24) is 14.5 Å². The number of fused-ring (bicyclic) bond motifs is 4. The molecule has 0 saturated heterocycles. The predicted octanol–water partition coefficient (Wildman–Crippen LogP) is 5.15. The van der Waals surface area contributed by atoms with E-state index in [1.54, 1.807) is 23.6 Å². The van der Waals surface area contributed by atoms with Crippen LogP contribution in [0, 0.1) is 11.3 Å². The maximum absolute atomic E-state index is 13.6. The highest BCUT2D eigenvalue weighted by atomic mass is 32.3. The molecule has 13 heteroatoms. The van der Waals surface area contributed by atoms with Crippen molar-refractivity contribution in [3.8, 4) is 22.9 Å². The van der Waals surface area contributed by atoms with Crippen LogP contribution >= 0.6 is 0 Å². The Morgan fingerprint density at radius 1 is 1.14 bits per heavy atom. The van der Waals surface area contributed by atoms with E-state index in [4.69, 9.17) is 0 Å². The van der Waals surface area contributed by atoms with Gasteiger partial charge in [0.25, 0.3) is 0 Å². The quantitative estimate of drug-likeness (QED) is 0.254. The van der Waals surface area contributed by atoms with Gasteiger partial charge in [-0.3, -0.25) is 9.78 Å². The fraction of sp³-hybridized carbons (Fsp3) is 0.125. The maximum atomic E-state index is 13.6. The Morgan fingerprint density at radius 3 is 2.54 bits per heavy atom. The van der Waals surface area contributed by atoms with Crippen molar-refractivity contribution in [2.45, 2.75) is 24.7 Å². The third-order valence-corrected chi connectivity index (χ3v) is 6.67. The number of ether oxygens (including phenoxy) is 1. The number of alkyl halides is 3. The molecule has 0 atom stereocenters. The zero-order valence-electron chi connectivity index (χ0n) is 18.7. The molecule has 0 aliphatic rings. The summed E-state index contributed by atoms with van der Waals surface area (Å²) in [5.74, 6) is -0.791. The first-order chi connectivity index (χ1) is 17.4. The van der Waals surface area contributed by atoms with Crippen LogP contribution in [0.25, 0.3) is 44.0 Å². The number of nitriles is 1. The minimum absolute atomic E-state index is 0.0927. The Bertz CT molecular complexity index is 1950. The number of rotatable bonds is 4. The molecule has 3 heterocycles. The molecule has 0 bridgehead atoms. The summed E-state index contributed by atoms with van der Waals surface area (Å²) in [5, 5.41) is 9.81. The molecule has 5 aromatic rings. The zero-order valence-corrected chi connectivity index (χ0v) is 19.5. The van der Waals surface area contributed by atoms with Crippen LogP contribution in [0.3, 0.4) is 0 Å². The van der Waals surface area contributed by atoms with E-state index in [0.717, 1.165) is 24.5 Å². The standard InChI is InChI=1S/C24H14F4N4O4S/c1-2-32-19-7-16(13-6-14(11-30-10-13)37(28,34)35)20(36-24(25,26)27)8-17(19)22(33)21-15-4-3-12(9-29)5-18(15)31-23(21)32/h3-8,10-11,31H,2H2,1H3. The molecule has 0 aliphatic carbocycles. The minimum atomic E-state index is -5.20. The Morgan fingerprint density at radius 2 is 1.89 bits per heavy atom. The Labute approximate surface area is 205 Å². The van der Waals surface area contributed by atoms with Gasteiger partial charge in [0.15, 0.2) is 5.43 Å². The molecular formula is C24H14F4N4O4S. The minimum Gasteiger partial charge on any atom is -0.405 e. The van der Waals surface area contributed by atoms with Crippen LogP contribution in [-0.4, -0.2) is 29.3 Å². The Hall–Kier alpha value is -4.44. The van der Waals surface area contributed by atoms with Crippen LogP contribution in [0.5, 0.6) is 5.75 Å². The fourth-order valence-corrected chi connectivity index (χ4v) is 4.83. The lowest BCUT2D eigenvalue weighted by Gasteiger charge is -2.17. The zero-order chi connectivity index (χ0) is 26.7. The molecule has 0 spiro atoms. The molecule has 0 saturated carbocycles. The first-order valence-electron chi connectivity index (χ1n) is 10.6. The summed E-state index contributed by atoms with van der Waals surface area (Å²) < 4.78 is 82.2. The number of aryl methyl sites for hydroxylation is 1. The number of aromatic nitrogens is 3. The second-order valence-electron chi connectivity index (χ2n) is 8.05. The molecule has 2 aromatic carbocycles. The van der Waals surface area contributed by atoms with Gasteiger partial charge in [0.05, 0.1) is 27.9 Å². The molecular weight excluding hydrogens is 516 g/mol. The van der Waals surface area contributed by atoms with Crippen LogP contribution in [0.4, 0.5) is 17.1 Å². The Kier molecular flexibility index (Phi) is 5.45.